The van der Waals surface area contributed by atoms with Crippen molar-refractivity contribution < 1.29 is 9.53 Å². The molecule has 0 spiro atoms. The summed E-state index contributed by atoms with van der Waals surface area (Å²) in [5, 5.41) is 3.84. The van der Waals surface area contributed by atoms with Gasteiger partial charge in [0.1, 0.15) is 17.0 Å². The average Bonchev–Trinajstić information content (AvgIpc) is 3.25. The molecule has 1 N–H and O–H groups in total. The molecule has 0 aromatic carbocycles. The fourth-order valence-electron chi connectivity index (χ4n) is 4.23. The molecular weight excluding hydrogens is 418 g/mol. The topological polar surface area (TPSA) is 79.7 Å². The summed E-state index contributed by atoms with van der Waals surface area (Å²) in [5.41, 5.74) is 1.25. The van der Waals surface area contributed by atoms with Gasteiger partial charge in [-0.15, -0.1) is 0 Å². The first kappa shape index (κ1) is 26.8. The molecule has 3 rings (SSSR count). The van der Waals surface area contributed by atoms with Crippen LogP contribution in [0.2, 0.25) is 0 Å². The molecule has 0 bridgehead atoms. The molecule has 1 aliphatic rings. The maximum atomic E-state index is 13.1. The molecule has 0 radical (unpaired) electrons. The van der Waals surface area contributed by atoms with Gasteiger partial charge in [-0.3, -0.25) is 9.69 Å². The third-order valence-corrected chi connectivity index (χ3v) is 5.90. The maximum absolute atomic E-state index is 13.1. The van der Waals surface area contributed by atoms with Crippen LogP contribution >= 0.6 is 0 Å². The monoisotopic (exact) mass is 459 g/mol. The minimum absolute atomic E-state index is 0.0740. The first-order chi connectivity index (χ1) is 15.8. The van der Waals surface area contributed by atoms with Gasteiger partial charge in [-0.2, -0.15) is 0 Å². The lowest BCUT2D eigenvalue weighted by atomic mass is 10.1. The fraction of sp³-hybridized carbons (Fsp3) is 0.640. The second-order valence-corrected chi connectivity index (χ2v) is 8.42. The first-order valence-corrected chi connectivity index (χ1v) is 12.2. The maximum Gasteiger partial charge on any atom is 0.343 e. The van der Waals surface area contributed by atoms with Gasteiger partial charge in [0.15, 0.2) is 0 Å². The SMILES string of the molecule is CC.CCOC(=O)c1cn(C[C@@H]2CCCN2CC)c2nc(NCCN(C)C)c(C)cc2c1=O. The number of nitrogens with one attached hydrogen (secondary N) is 1. The summed E-state index contributed by atoms with van der Waals surface area (Å²) in [6.45, 7) is 14.4. The number of anilines is 1. The highest BCUT2D eigenvalue weighted by atomic mass is 16.5. The Morgan fingerprint density at radius 1 is 1.30 bits per heavy atom. The molecule has 1 atom stereocenters. The number of rotatable bonds is 9. The minimum atomic E-state index is -0.576. The number of hydrogen-bond donors (Lipinski definition) is 1. The highest BCUT2D eigenvalue weighted by molar-refractivity contribution is 5.93. The van der Waals surface area contributed by atoms with E-state index >= 15 is 0 Å². The van der Waals surface area contributed by atoms with E-state index in [0.29, 0.717) is 23.6 Å². The van der Waals surface area contributed by atoms with E-state index in [4.69, 9.17) is 9.72 Å². The van der Waals surface area contributed by atoms with Gasteiger partial charge in [0, 0.05) is 31.9 Å². The molecular formula is C25H41N5O3. The first-order valence-electron chi connectivity index (χ1n) is 12.2. The summed E-state index contributed by atoms with van der Waals surface area (Å²) >= 11 is 0. The lowest BCUT2D eigenvalue weighted by Gasteiger charge is -2.25. The fourth-order valence-corrected chi connectivity index (χ4v) is 4.23. The zero-order valence-corrected chi connectivity index (χ0v) is 21.4. The summed E-state index contributed by atoms with van der Waals surface area (Å²) in [7, 11) is 4.05. The minimum Gasteiger partial charge on any atom is -0.462 e. The second kappa shape index (κ2) is 12.7. The Morgan fingerprint density at radius 2 is 2.03 bits per heavy atom. The van der Waals surface area contributed by atoms with Crippen LogP contribution in [-0.2, 0) is 11.3 Å². The van der Waals surface area contributed by atoms with E-state index in [2.05, 4.69) is 22.0 Å². The van der Waals surface area contributed by atoms with Crippen LogP contribution in [0.5, 0.6) is 0 Å². The zero-order valence-electron chi connectivity index (χ0n) is 21.4. The molecule has 184 valence electrons. The molecule has 0 amide bonds. The van der Waals surface area contributed by atoms with Crippen molar-refractivity contribution in [2.75, 3.05) is 52.2 Å². The summed E-state index contributed by atoms with van der Waals surface area (Å²) < 4.78 is 7.12. The van der Waals surface area contributed by atoms with E-state index < -0.39 is 5.97 Å². The molecule has 1 aliphatic heterocycles. The molecule has 0 saturated carbocycles. The third kappa shape index (κ3) is 6.54. The van der Waals surface area contributed by atoms with Gasteiger partial charge in [-0.25, -0.2) is 9.78 Å². The van der Waals surface area contributed by atoms with E-state index in [0.717, 1.165) is 50.4 Å². The molecule has 2 aromatic rings. The number of likely N-dealkylation sites (tertiary alicyclic amines) is 1. The number of likely N-dealkylation sites (N-methyl/N-ethyl adjacent to an activating group) is 2. The predicted molar refractivity (Wildman–Crippen MR) is 135 cm³/mol. The molecule has 0 unspecified atom stereocenters. The summed E-state index contributed by atoms with van der Waals surface area (Å²) in [5.74, 6) is 0.193. The number of hydrogen-bond acceptors (Lipinski definition) is 7. The average molecular weight is 460 g/mol. The summed E-state index contributed by atoms with van der Waals surface area (Å²) in [6, 6.07) is 2.20. The van der Waals surface area contributed by atoms with Crippen LogP contribution < -0.4 is 10.7 Å². The Kier molecular flexibility index (Phi) is 10.3. The van der Waals surface area contributed by atoms with E-state index in [9.17, 15) is 9.59 Å². The predicted octanol–water partition coefficient (Wildman–Crippen LogP) is 3.37. The van der Waals surface area contributed by atoms with Crippen molar-refractivity contribution in [1.29, 1.82) is 0 Å². The van der Waals surface area contributed by atoms with Crippen molar-refractivity contribution in [2.24, 2.45) is 0 Å². The van der Waals surface area contributed by atoms with Crippen molar-refractivity contribution in [3.63, 3.8) is 0 Å². The molecule has 2 aromatic heterocycles. The quantitative estimate of drug-likeness (QED) is 0.576. The number of ether oxygens (including phenoxy) is 1. The largest absolute Gasteiger partial charge is 0.462 e. The van der Waals surface area contributed by atoms with Crippen molar-refractivity contribution >= 4 is 22.8 Å². The number of carbonyl (C=O) groups is 1. The number of aryl methyl sites for hydroxylation is 1. The Morgan fingerprint density at radius 3 is 2.67 bits per heavy atom. The van der Waals surface area contributed by atoms with Crippen LogP contribution in [0.1, 0.15) is 56.5 Å². The Labute approximate surface area is 197 Å². The molecule has 3 heterocycles. The molecule has 8 nitrogen and oxygen atoms in total. The van der Waals surface area contributed by atoms with Gasteiger partial charge in [0.2, 0.25) is 5.43 Å². The van der Waals surface area contributed by atoms with Crippen LogP contribution in [0.4, 0.5) is 5.82 Å². The smallest absolute Gasteiger partial charge is 0.343 e. The van der Waals surface area contributed by atoms with Gasteiger partial charge in [0.05, 0.1) is 12.0 Å². The summed E-state index contributed by atoms with van der Waals surface area (Å²) in [6.07, 6.45) is 3.89. The van der Waals surface area contributed by atoms with Gasteiger partial charge in [0.25, 0.3) is 0 Å². The van der Waals surface area contributed by atoms with Crippen molar-refractivity contribution in [2.45, 2.75) is 60.0 Å². The normalized spacial score (nSPS) is 16.1. The molecule has 0 aliphatic carbocycles. The Hall–Kier alpha value is -2.45. The van der Waals surface area contributed by atoms with E-state index in [1.807, 2.05) is 45.5 Å². The van der Waals surface area contributed by atoms with Gasteiger partial charge in [-0.05, 0) is 65.5 Å². The highest BCUT2D eigenvalue weighted by Crippen LogP contribution is 2.23. The zero-order chi connectivity index (χ0) is 24.5. The van der Waals surface area contributed by atoms with Gasteiger partial charge < -0.3 is 19.5 Å². The van der Waals surface area contributed by atoms with Crippen molar-refractivity contribution in [3.8, 4) is 0 Å². The van der Waals surface area contributed by atoms with Crippen LogP contribution in [0.15, 0.2) is 17.1 Å². The van der Waals surface area contributed by atoms with E-state index in [1.54, 1.807) is 13.1 Å². The van der Waals surface area contributed by atoms with Gasteiger partial charge >= 0.3 is 5.97 Å². The van der Waals surface area contributed by atoms with E-state index in [-0.39, 0.29) is 17.6 Å². The number of carbonyl (C=O) groups excluding carboxylic acids is 1. The summed E-state index contributed by atoms with van der Waals surface area (Å²) in [4.78, 5) is 35.0. The molecule has 1 saturated heterocycles. The third-order valence-electron chi connectivity index (χ3n) is 5.90. The lowest BCUT2D eigenvalue weighted by Crippen LogP contribution is -2.34. The lowest BCUT2D eigenvalue weighted by molar-refractivity contribution is 0.0524. The standard InChI is InChI=1S/C23H35N5O3.C2H6/c1-6-27-11-8-9-17(27)14-28-15-19(23(30)31-7-2)20(29)18-13-16(3)21(25-22(18)28)24-10-12-26(4)5;1-2/h13,15,17H,6-12,14H2,1-5H3,(H,24,25);1-2H3/t17-;/m0./s1. The highest BCUT2D eigenvalue weighted by Gasteiger charge is 2.25. The number of aromatic nitrogens is 2. The van der Waals surface area contributed by atoms with Crippen molar-refractivity contribution in [1.82, 2.24) is 19.4 Å². The number of esters is 1. The second-order valence-electron chi connectivity index (χ2n) is 8.42. The van der Waals surface area contributed by atoms with Crippen molar-refractivity contribution in [3.05, 3.63) is 33.6 Å². The molecule has 1 fully saturated rings. The van der Waals surface area contributed by atoms with Crippen LogP contribution in [0.3, 0.4) is 0 Å². The Bertz CT molecular complexity index is 986. The Balaban J connectivity index is 0.00000187. The van der Waals surface area contributed by atoms with E-state index in [1.165, 1.54) is 0 Å². The molecule has 8 heteroatoms. The van der Waals surface area contributed by atoms with Crippen LogP contribution in [-0.4, -0.2) is 78.2 Å². The number of pyridine rings is 2. The van der Waals surface area contributed by atoms with Gasteiger partial charge in [-0.1, -0.05) is 20.8 Å². The molecule has 33 heavy (non-hydrogen) atoms. The number of nitrogens with zero attached hydrogens (tertiary/aromatic N) is 4. The number of fused-ring (bicyclic) bond motifs is 1. The van der Waals surface area contributed by atoms with Crippen LogP contribution in [0, 0.1) is 6.92 Å². The van der Waals surface area contributed by atoms with Crippen LogP contribution in [0.25, 0.3) is 11.0 Å².